The predicted octanol–water partition coefficient (Wildman–Crippen LogP) is 5.21. The van der Waals surface area contributed by atoms with Crippen LogP contribution in [0.3, 0.4) is 0 Å². The second-order valence-corrected chi connectivity index (χ2v) is 11.8. The zero-order valence-electron chi connectivity index (χ0n) is 22.3. The lowest BCUT2D eigenvalue weighted by Gasteiger charge is -2.31. The second-order valence-electron chi connectivity index (χ2n) is 10.8. The third-order valence-corrected chi connectivity index (χ3v) is 8.77. The fraction of sp³-hybridized carbons (Fsp3) is 0.387. The number of anilines is 2. The molecule has 3 unspecified atom stereocenters. The van der Waals surface area contributed by atoms with E-state index in [9.17, 15) is 14.4 Å². The van der Waals surface area contributed by atoms with Crippen LogP contribution in [0.1, 0.15) is 64.5 Å². The number of thiophene rings is 1. The highest BCUT2D eigenvalue weighted by atomic mass is 32.1. The molecule has 0 bridgehead atoms. The summed E-state index contributed by atoms with van der Waals surface area (Å²) < 4.78 is 0. The first-order valence-electron chi connectivity index (χ1n) is 13.7. The van der Waals surface area contributed by atoms with Gasteiger partial charge in [-0.25, -0.2) is 0 Å². The van der Waals surface area contributed by atoms with Crippen molar-refractivity contribution < 1.29 is 14.4 Å². The summed E-state index contributed by atoms with van der Waals surface area (Å²) in [6, 6.07) is 16.6. The number of hydrogen-bond acceptors (Lipinski definition) is 5. The van der Waals surface area contributed by atoms with Crippen molar-refractivity contribution in [2.45, 2.75) is 51.5 Å². The molecule has 1 aliphatic carbocycles. The molecule has 1 aromatic heterocycles. The van der Waals surface area contributed by atoms with Gasteiger partial charge in [0.05, 0.1) is 30.3 Å². The Morgan fingerprint density at radius 1 is 1.10 bits per heavy atom. The van der Waals surface area contributed by atoms with Gasteiger partial charge < -0.3 is 21.3 Å². The zero-order valence-corrected chi connectivity index (χ0v) is 23.1. The number of rotatable bonds is 7. The molecule has 39 heavy (non-hydrogen) atoms. The largest absolute Gasteiger partial charge is 0.352 e. The van der Waals surface area contributed by atoms with Gasteiger partial charge in [-0.15, -0.1) is 11.3 Å². The lowest BCUT2D eigenvalue weighted by atomic mass is 9.81. The number of benzene rings is 2. The summed E-state index contributed by atoms with van der Waals surface area (Å²) in [6.07, 6.45) is 4.81. The Kier molecular flexibility index (Phi) is 8.43. The molecule has 1 aliphatic heterocycles. The summed E-state index contributed by atoms with van der Waals surface area (Å²) in [5.41, 5.74) is 9.41. The summed E-state index contributed by atoms with van der Waals surface area (Å²) in [5, 5.41) is 8.00. The molecule has 2 aromatic carbocycles. The van der Waals surface area contributed by atoms with E-state index in [-0.39, 0.29) is 30.6 Å². The van der Waals surface area contributed by atoms with E-state index in [1.807, 2.05) is 48.7 Å². The molecule has 3 amide bonds. The van der Waals surface area contributed by atoms with Crippen LogP contribution >= 0.6 is 11.3 Å². The van der Waals surface area contributed by atoms with E-state index in [0.717, 1.165) is 41.7 Å². The highest BCUT2D eigenvalue weighted by Gasteiger charge is 2.34. The minimum Gasteiger partial charge on any atom is -0.352 e. The maximum Gasteiger partial charge on any atom is 0.251 e. The van der Waals surface area contributed by atoms with Crippen LogP contribution in [0.4, 0.5) is 11.4 Å². The van der Waals surface area contributed by atoms with Crippen molar-refractivity contribution >= 4 is 40.4 Å². The lowest BCUT2D eigenvalue weighted by molar-refractivity contribution is -0.119. The smallest absolute Gasteiger partial charge is 0.251 e. The first-order chi connectivity index (χ1) is 18.9. The molecule has 0 saturated heterocycles. The number of carbonyl (C=O) groups excluding carboxylic acids is 3. The van der Waals surface area contributed by atoms with E-state index in [2.05, 4.69) is 10.6 Å². The molecule has 3 atom stereocenters. The van der Waals surface area contributed by atoms with Gasteiger partial charge in [0.2, 0.25) is 11.8 Å². The molecule has 0 radical (unpaired) electrons. The molecular weight excluding hydrogens is 508 g/mol. The first kappa shape index (κ1) is 27.1. The molecular formula is C31H36N4O3S. The van der Waals surface area contributed by atoms with Gasteiger partial charge >= 0.3 is 0 Å². The third kappa shape index (κ3) is 6.40. The molecule has 8 heteroatoms. The van der Waals surface area contributed by atoms with E-state index in [1.54, 1.807) is 23.1 Å². The number of aryl methyl sites for hydroxylation is 1. The van der Waals surface area contributed by atoms with Crippen LogP contribution < -0.4 is 21.3 Å². The summed E-state index contributed by atoms with van der Waals surface area (Å²) in [5.74, 6) is 0.489. The molecule has 5 rings (SSSR count). The Labute approximate surface area is 233 Å². The Morgan fingerprint density at radius 3 is 2.64 bits per heavy atom. The number of nitrogens with two attached hydrogens (primary N) is 1. The Morgan fingerprint density at radius 2 is 1.90 bits per heavy atom. The van der Waals surface area contributed by atoms with Crippen LogP contribution in [0, 0.1) is 18.8 Å². The Bertz CT molecular complexity index is 1320. The predicted molar refractivity (Wildman–Crippen MR) is 156 cm³/mol. The molecule has 2 aliphatic rings. The van der Waals surface area contributed by atoms with Gasteiger partial charge in [-0.3, -0.25) is 14.4 Å². The van der Waals surface area contributed by atoms with Crippen molar-refractivity contribution in [1.82, 2.24) is 5.32 Å². The highest BCUT2D eigenvalue weighted by molar-refractivity contribution is 7.10. The number of nitrogens with one attached hydrogen (secondary N) is 2. The fourth-order valence-corrected chi connectivity index (χ4v) is 6.47. The number of nitrogens with zero attached hydrogens (tertiary/aromatic N) is 1. The SMILES string of the molecule is Cc1ccc(C2CC(=O)Nc3cc(C(=O)NCC4CCCC(CN)C4)ccc3N2C(=O)Cc2cccs2)cc1. The summed E-state index contributed by atoms with van der Waals surface area (Å²) in [7, 11) is 0. The fourth-order valence-electron chi connectivity index (χ4n) is 5.78. The average molecular weight is 545 g/mol. The van der Waals surface area contributed by atoms with Gasteiger partial charge in [-0.1, -0.05) is 42.3 Å². The molecule has 0 spiro atoms. The van der Waals surface area contributed by atoms with Crippen molar-refractivity contribution in [3.8, 4) is 0 Å². The van der Waals surface area contributed by atoms with Gasteiger partial charge in [0.25, 0.3) is 5.91 Å². The average Bonchev–Trinajstić information content (AvgIpc) is 3.40. The molecule has 1 saturated carbocycles. The Balaban J connectivity index is 1.42. The van der Waals surface area contributed by atoms with Crippen LogP contribution in [-0.4, -0.2) is 30.8 Å². The van der Waals surface area contributed by atoms with E-state index >= 15 is 0 Å². The van der Waals surface area contributed by atoms with Crippen LogP contribution in [0.15, 0.2) is 60.0 Å². The third-order valence-electron chi connectivity index (χ3n) is 7.90. The molecule has 2 heterocycles. The minimum atomic E-state index is -0.458. The molecule has 1 fully saturated rings. The van der Waals surface area contributed by atoms with Crippen LogP contribution in [0.25, 0.3) is 0 Å². The second kappa shape index (κ2) is 12.1. The van der Waals surface area contributed by atoms with Crippen molar-refractivity contribution in [2.75, 3.05) is 23.3 Å². The monoisotopic (exact) mass is 544 g/mol. The topological polar surface area (TPSA) is 105 Å². The van der Waals surface area contributed by atoms with Gasteiger partial charge in [-0.05, 0) is 79.8 Å². The van der Waals surface area contributed by atoms with E-state index in [0.29, 0.717) is 41.9 Å². The van der Waals surface area contributed by atoms with Crippen LogP contribution in [-0.2, 0) is 16.0 Å². The molecule has 4 N–H and O–H groups in total. The maximum atomic E-state index is 13.8. The van der Waals surface area contributed by atoms with Crippen molar-refractivity contribution in [3.63, 3.8) is 0 Å². The first-order valence-corrected chi connectivity index (χ1v) is 14.6. The maximum absolute atomic E-state index is 13.8. The summed E-state index contributed by atoms with van der Waals surface area (Å²) >= 11 is 1.54. The lowest BCUT2D eigenvalue weighted by Crippen LogP contribution is -2.36. The molecule has 3 aromatic rings. The number of fused-ring (bicyclic) bond motifs is 1. The van der Waals surface area contributed by atoms with Crippen LogP contribution in [0.5, 0.6) is 0 Å². The highest BCUT2D eigenvalue weighted by Crippen LogP contribution is 2.39. The van der Waals surface area contributed by atoms with E-state index < -0.39 is 6.04 Å². The minimum absolute atomic E-state index is 0.0928. The normalized spacial score (nSPS) is 21.0. The molecule has 7 nitrogen and oxygen atoms in total. The Hall–Kier alpha value is -3.49. The van der Waals surface area contributed by atoms with Gasteiger partial charge in [0.15, 0.2) is 0 Å². The van der Waals surface area contributed by atoms with Crippen LogP contribution in [0.2, 0.25) is 0 Å². The van der Waals surface area contributed by atoms with Gasteiger partial charge in [-0.2, -0.15) is 0 Å². The van der Waals surface area contributed by atoms with Gasteiger partial charge in [0, 0.05) is 17.0 Å². The van der Waals surface area contributed by atoms with Crippen molar-refractivity contribution in [3.05, 3.63) is 81.5 Å². The summed E-state index contributed by atoms with van der Waals surface area (Å²) in [6.45, 7) is 3.32. The van der Waals surface area contributed by atoms with Crippen molar-refractivity contribution in [1.29, 1.82) is 0 Å². The quantitative estimate of drug-likeness (QED) is 0.380. The zero-order chi connectivity index (χ0) is 27.4. The van der Waals surface area contributed by atoms with Gasteiger partial charge in [0.1, 0.15) is 0 Å². The standard InChI is InChI=1S/C31H36N4O3S/c1-20-7-9-23(10-8-20)28-17-29(36)34-26-15-24(31(38)33-19-22-5-2-4-21(14-22)18-32)11-12-27(26)35(28)30(37)16-25-6-3-13-39-25/h3,6-13,15,21-22,28H,2,4-5,14,16-19,32H2,1H3,(H,33,38)(H,34,36). The number of amides is 3. The van der Waals surface area contributed by atoms with Crippen molar-refractivity contribution in [2.24, 2.45) is 17.6 Å². The number of hydrogen-bond donors (Lipinski definition) is 3. The molecule has 204 valence electrons. The van der Waals surface area contributed by atoms with E-state index in [1.165, 1.54) is 11.3 Å². The van der Waals surface area contributed by atoms with E-state index in [4.69, 9.17) is 5.73 Å². The number of carbonyl (C=O) groups is 3. The summed E-state index contributed by atoms with van der Waals surface area (Å²) in [4.78, 5) is 42.7.